The van der Waals surface area contributed by atoms with Gasteiger partial charge >= 0.3 is 224 Å². The quantitative estimate of drug-likeness (QED) is 0.236. The van der Waals surface area contributed by atoms with Crippen molar-refractivity contribution < 1.29 is 23.8 Å². The van der Waals surface area contributed by atoms with E-state index >= 15 is 0 Å². The Morgan fingerprint density at radius 2 is 1.32 bits per heavy atom. The SMILES string of the molecule is CC[Si](CC)(CC)O[CH](CCC(C)(C1C=Cc2ccccc21)C1C=Cc2ccccc21)[Zr]([Cl])[Cl]. The molecule has 0 amide bonds. The number of hydrogen-bond donors (Lipinski definition) is 0. The first-order valence-corrected chi connectivity index (χ1v) is 23.0. The van der Waals surface area contributed by atoms with Crippen molar-refractivity contribution in [2.75, 3.05) is 0 Å². The van der Waals surface area contributed by atoms with Crippen molar-refractivity contribution >= 4 is 37.5 Å². The Hall–Kier alpha value is -0.440. The zero-order chi connectivity index (χ0) is 24.3. The molecule has 4 rings (SSSR count). The number of halogens is 2. The van der Waals surface area contributed by atoms with Crippen LogP contribution in [0.1, 0.15) is 74.6 Å². The Balaban J connectivity index is 1.67. The summed E-state index contributed by atoms with van der Waals surface area (Å²) < 4.78 is 7.00. The first-order valence-electron chi connectivity index (χ1n) is 12.8. The molecule has 5 heteroatoms. The summed E-state index contributed by atoms with van der Waals surface area (Å²) in [6.45, 7) is 9.33. The number of allylic oxidation sites excluding steroid dienone is 2. The van der Waals surface area contributed by atoms with E-state index < -0.39 is 27.7 Å². The Kier molecular flexibility index (Phi) is 8.85. The van der Waals surface area contributed by atoms with Crippen molar-refractivity contribution in [2.24, 2.45) is 5.41 Å². The molecule has 2 aliphatic carbocycles. The van der Waals surface area contributed by atoms with Gasteiger partial charge in [0, 0.05) is 0 Å². The van der Waals surface area contributed by atoms with Crippen LogP contribution < -0.4 is 0 Å². The monoisotopic (exact) mass is 589 g/mol. The summed E-state index contributed by atoms with van der Waals surface area (Å²) in [4.78, 5) is 0. The minimum atomic E-state index is -2.61. The Morgan fingerprint density at radius 1 is 0.853 bits per heavy atom. The van der Waals surface area contributed by atoms with Gasteiger partial charge in [-0.1, -0.05) is 0 Å². The second-order valence-electron chi connectivity index (χ2n) is 10.1. The van der Waals surface area contributed by atoms with E-state index in [0.717, 1.165) is 31.0 Å². The summed E-state index contributed by atoms with van der Waals surface area (Å²) in [6, 6.07) is 21.1. The average molecular weight is 592 g/mol. The molecule has 0 radical (unpaired) electrons. The Bertz CT molecular complexity index is 976. The van der Waals surface area contributed by atoms with Gasteiger partial charge in [-0.25, -0.2) is 0 Å². The molecule has 3 unspecified atom stereocenters. The van der Waals surface area contributed by atoms with E-state index in [4.69, 9.17) is 21.5 Å². The van der Waals surface area contributed by atoms with Gasteiger partial charge in [0.25, 0.3) is 0 Å². The van der Waals surface area contributed by atoms with Gasteiger partial charge < -0.3 is 0 Å². The first-order chi connectivity index (χ1) is 16.4. The standard InChI is InChI=1S/C29H37OSi.2ClH.Zr/c1-5-31(6-2,7-3)30-22-12-21-29(4,27-19-17-23-13-8-10-15-25(23)27)28-20-18-24-14-9-11-16-26(24)28;;;/h8-11,13-20,22,27-28H,5-7,12,21H2,1-4H3;2*1H;/q;;;+2/p-2. The summed E-state index contributed by atoms with van der Waals surface area (Å²) in [5, 5.41) is 0. The van der Waals surface area contributed by atoms with Gasteiger partial charge in [-0.15, -0.1) is 0 Å². The summed E-state index contributed by atoms with van der Waals surface area (Å²) in [6.07, 6.45) is 11.5. The van der Waals surface area contributed by atoms with Crippen LogP contribution >= 0.6 is 17.0 Å². The Labute approximate surface area is 222 Å². The number of benzene rings is 2. The van der Waals surface area contributed by atoms with Crippen molar-refractivity contribution in [2.45, 2.75) is 74.3 Å². The maximum atomic E-state index is 6.93. The van der Waals surface area contributed by atoms with Crippen molar-refractivity contribution in [3.05, 3.63) is 82.9 Å². The molecule has 0 aliphatic heterocycles. The maximum absolute atomic E-state index is 6.93. The van der Waals surface area contributed by atoms with Gasteiger partial charge in [0.1, 0.15) is 0 Å². The number of fused-ring (bicyclic) bond motifs is 2. The number of hydrogen-bond acceptors (Lipinski definition) is 1. The predicted molar refractivity (Wildman–Crippen MR) is 148 cm³/mol. The fourth-order valence-corrected chi connectivity index (χ4v) is 15.2. The first kappa shape index (κ1) is 26.6. The molecule has 0 aromatic heterocycles. The molecule has 0 fully saturated rings. The van der Waals surface area contributed by atoms with Crippen LogP contribution in [0.4, 0.5) is 0 Å². The van der Waals surface area contributed by atoms with E-state index in [-0.39, 0.29) is 9.23 Å². The van der Waals surface area contributed by atoms with Crippen LogP contribution in [-0.4, -0.2) is 12.1 Å². The van der Waals surface area contributed by atoms with Crippen LogP contribution in [0.25, 0.3) is 12.2 Å². The van der Waals surface area contributed by atoms with Crippen molar-refractivity contribution in [3.8, 4) is 0 Å². The second kappa shape index (κ2) is 11.3. The van der Waals surface area contributed by atoms with Crippen molar-refractivity contribution in [1.82, 2.24) is 0 Å². The molecule has 0 spiro atoms. The summed E-state index contributed by atoms with van der Waals surface area (Å²) >= 11 is -2.61. The summed E-state index contributed by atoms with van der Waals surface area (Å²) in [7, 11) is 11.8. The van der Waals surface area contributed by atoms with Gasteiger partial charge in [0.05, 0.1) is 0 Å². The van der Waals surface area contributed by atoms with Crippen LogP contribution in [-0.2, 0) is 23.8 Å². The van der Waals surface area contributed by atoms with Crippen LogP contribution in [0.3, 0.4) is 0 Å². The average Bonchev–Trinajstić information content (AvgIpc) is 3.49. The third-order valence-electron chi connectivity index (χ3n) is 8.53. The third-order valence-corrected chi connectivity index (χ3v) is 18.8. The molecule has 1 nitrogen and oxygen atoms in total. The fourth-order valence-electron chi connectivity index (χ4n) is 6.11. The predicted octanol–water partition coefficient (Wildman–Crippen LogP) is 9.67. The molecule has 2 aromatic rings. The topological polar surface area (TPSA) is 9.23 Å². The van der Waals surface area contributed by atoms with E-state index in [9.17, 15) is 0 Å². The number of rotatable bonds is 11. The van der Waals surface area contributed by atoms with E-state index in [1.165, 1.54) is 22.3 Å². The van der Waals surface area contributed by atoms with Crippen molar-refractivity contribution in [3.63, 3.8) is 0 Å². The zero-order valence-corrected chi connectivity index (χ0v) is 25.8. The van der Waals surface area contributed by atoms with Gasteiger partial charge in [-0.2, -0.15) is 0 Å². The Morgan fingerprint density at radius 3 is 1.76 bits per heavy atom. The summed E-state index contributed by atoms with van der Waals surface area (Å²) in [5.74, 6) is 0.710. The van der Waals surface area contributed by atoms with Crippen LogP contribution in [0.2, 0.25) is 18.1 Å². The fraction of sp³-hybridized carbons (Fsp3) is 0.448. The molecule has 3 atom stereocenters. The zero-order valence-electron chi connectivity index (χ0n) is 20.9. The molecular weight excluding hydrogens is 555 g/mol. The van der Waals surface area contributed by atoms with Gasteiger partial charge in [-0.05, 0) is 0 Å². The minimum absolute atomic E-state index is 0.00899. The normalized spacial score (nSPS) is 21.2. The van der Waals surface area contributed by atoms with E-state index in [2.05, 4.69) is 101 Å². The van der Waals surface area contributed by atoms with Gasteiger partial charge in [0.15, 0.2) is 0 Å². The van der Waals surface area contributed by atoms with Gasteiger partial charge in [0.2, 0.25) is 0 Å². The molecule has 0 N–H and O–H groups in total. The van der Waals surface area contributed by atoms with Crippen LogP contribution in [0, 0.1) is 5.41 Å². The molecule has 0 heterocycles. The summed E-state index contributed by atoms with van der Waals surface area (Å²) in [5.41, 5.74) is 5.59. The van der Waals surface area contributed by atoms with E-state index in [0.29, 0.717) is 11.8 Å². The van der Waals surface area contributed by atoms with Crippen LogP contribution in [0.5, 0.6) is 0 Å². The van der Waals surface area contributed by atoms with Crippen LogP contribution in [0.15, 0.2) is 60.7 Å². The molecule has 0 saturated heterocycles. The molecule has 0 bridgehead atoms. The molecular formula is C29H37Cl2OSiZr. The van der Waals surface area contributed by atoms with E-state index in [1.54, 1.807) is 0 Å². The third kappa shape index (κ3) is 5.16. The molecule has 181 valence electrons. The van der Waals surface area contributed by atoms with E-state index in [1.807, 2.05) is 0 Å². The van der Waals surface area contributed by atoms with Crippen molar-refractivity contribution in [1.29, 1.82) is 0 Å². The molecule has 2 aromatic carbocycles. The second-order valence-corrected chi connectivity index (χ2v) is 23.8. The molecule has 34 heavy (non-hydrogen) atoms. The molecule has 0 saturated carbocycles. The molecule has 2 aliphatic rings. The van der Waals surface area contributed by atoms with Gasteiger partial charge in [-0.3, -0.25) is 0 Å².